The summed E-state index contributed by atoms with van der Waals surface area (Å²) in [6.45, 7) is 1.07. The van der Waals surface area contributed by atoms with Gasteiger partial charge in [-0.25, -0.2) is 4.98 Å². The highest BCUT2D eigenvalue weighted by atomic mass is 16.5. The fourth-order valence-corrected chi connectivity index (χ4v) is 3.70. The summed E-state index contributed by atoms with van der Waals surface area (Å²) in [5.41, 5.74) is 3.52. The predicted molar refractivity (Wildman–Crippen MR) is 118 cm³/mol. The van der Waals surface area contributed by atoms with Crippen molar-refractivity contribution < 1.29 is 19.3 Å². The molecule has 31 heavy (non-hydrogen) atoms. The van der Waals surface area contributed by atoms with E-state index in [-0.39, 0.29) is 0 Å². The fraction of sp³-hybridized carbons (Fsp3) is 0.192. The van der Waals surface area contributed by atoms with Crippen molar-refractivity contribution in [3.05, 3.63) is 102 Å². The van der Waals surface area contributed by atoms with E-state index < -0.39 is 12.2 Å². The Balaban J connectivity index is 1.26. The van der Waals surface area contributed by atoms with E-state index in [1.807, 2.05) is 84.9 Å². The molecule has 0 amide bonds. The number of pyridine rings is 1. The minimum Gasteiger partial charge on any atom is -0.490 e. The lowest BCUT2D eigenvalue weighted by molar-refractivity contribution is -0.0794. The third kappa shape index (κ3) is 4.38. The second-order valence-electron chi connectivity index (χ2n) is 7.57. The van der Waals surface area contributed by atoms with Crippen molar-refractivity contribution in [2.24, 2.45) is 0 Å². The molecular formula is C26H23NO4. The van der Waals surface area contributed by atoms with E-state index in [1.54, 1.807) is 0 Å². The highest BCUT2D eigenvalue weighted by molar-refractivity contribution is 5.78. The largest absolute Gasteiger partial charge is 0.490 e. The number of aliphatic hydroxyl groups is 1. The maximum absolute atomic E-state index is 10.9. The van der Waals surface area contributed by atoms with Gasteiger partial charge in [-0.2, -0.15) is 0 Å². The van der Waals surface area contributed by atoms with Crippen molar-refractivity contribution in [2.45, 2.75) is 25.4 Å². The van der Waals surface area contributed by atoms with Crippen LogP contribution in [0.3, 0.4) is 0 Å². The van der Waals surface area contributed by atoms with Crippen molar-refractivity contribution in [2.75, 3.05) is 6.61 Å². The summed E-state index contributed by atoms with van der Waals surface area (Å²) < 4.78 is 17.7. The van der Waals surface area contributed by atoms with E-state index in [1.165, 1.54) is 0 Å². The molecule has 0 bridgehead atoms. The second-order valence-corrected chi connectivity index (χ2v) is 7.57. The van der Waals surface area contributed by atoms with Gasteiger partial charge in [0.1, 0.15) is 36.9 Å². The van der Waals surface area contributed by atoms with E-state index in [2.05, 4.69) is 4.98 Å². The summed E-state index contributed by atoms with van der Waals surface area (Å²) >= 11 is 0. The molecule has 2 heterocycles. The van der Waals surface area contributed by atoms with Crippen molar-refractivity contribution in [1.29, 1.82) is 0 Å². The van der Waals surface area contributed by atoms with Crippen LogP contribution in [0.5, 0.6) is 11.5 Å². The van der Waals surface area contributed by atoms with Crippen LogP contribution in [0.1, 0.15) is 22.9 Å². The van der Waals surface area contributed by atoms with Gasteiger partial charge in [0.2, 0.25) is 0 Å². The average molecular weight is 413 g/mol. The van der Waals surface area contributed by atoms with Crippen molar-refractivity contribution in [3.8, 4) is 11.5 Å². The van der Waals surface area contributed by atoms with Gasteiger partial charge in [0, 0.05) is 10.9 Å². The molecule has 0 saturated heterocycles. The zero-order valence-corrected chi connectivity index (χ0v) is 17.0. The molecule has 1 aliphatic heterocycles. The van der Waals surface area contributed by atoms with Gasteiger partial charge in [0.05, 0.1) is 17.8 Å². The normalized spacial score (nSPS) is 17.7. The Morgan fingerprint density at radius 2 is 1.74 bits per heavy atom. The number of aliphatic hydroxyl groups excluding tert-OH is 1. The van der Waals surface area contributed by atoms with Crippen LogP contribution >= 0.6 is 0 Å². The van der Waals surface area contributed by atoms with Crippen LogP contribution in [0.15, 0.2) is 84.9 Å². The molecule has 0 radical (unpaired) electrons. The lowest BCUT2D eigenvalue weighted by atomic mass is 10.0. The summed E-state index contributed by atoms with van der Waals surface area (Å²) in [6, 6.07) is 27.4. The third-order valence-electron chi connectivity index (χ3n) is 5.40. The van der Waals surface area contributed by atoms with Crippen LogP contribution in [0.25, 0.3) is 10.9 Å². The maximum atomic E-state index is 10.9. The van der Waals surface area contributed by atoms with Gasteiger partial charge in [0.15, 0.2) is 0 Å². The number of para-hydroxylation sites is 1. The molecule has 0 fully saturated rings. The molecule has 1 N–H and O–H groups in total. The van der Waals surface area contributed by atoms with Crippen molar-refractivity contribution in [1.82, 2.24) is 4.98 Å². The number of fused-ring (bicyclic) bond motifs is 2. The highest BCUT2D eigenvalue weighted by Gasteiger charge is 2.30. The van der Waals surface area contributed by atoms with Crippen LogP contribution in [0, 0.1) is 0 Å². The highest BCUT2D eigenvalue weighted by Crippen LogP contribution is 2.36. The van der Waals surface area contributed by atoms with Gasteiger partial charge in [0.25, 0.3) is 0 Å². The molecule has 4 aromatic rings. The number of hydrogen-bond acceptors (Lipinski definition) is 5. The van der Waals surface area contributed by atoms with Gasteiger partial charge >= 0.3 is 0 Å². The quantitative estimate of drug-likeness (QED) is 0.491. The number of nitrogens with zero attached hydrogens (tertiary/aromatic N) is 1. The van der Waals surface area contributed by atoms with Gasteiger partial charge in [-0.15, -0.1) is 0 Å². The zero-order chi connectivity index (χ0) is 21.0. The lowest BCUT2D eigenvalue weighted by Crippen LogP contribution is -2.33. The SMILES string of the molecule is O[C@H]1c2cc(OCc3ccc4ccccc4n3)ccc2OC[C@H]1OCc1ccccc1. The summed E-state index contributed by atoms with van der Waals surface area (Å²) in [4.78, 5) is 4.64. The Hall–Kier alpha value is -3.41. The number of hydrogen-bond donors (Lipinski definition) is 1. The smallest absolute Gasteiger partial charge is 0.130 e. The molecule has 156 valence electrons. The van der Waals surface area contributed by atoms with E-state index in [0.717, 1.165) is 22.2 Å². The van der Waals surface area contributed by atoms with E-state index >= 15 is 0 Å². The minimum atomic E-state index is -0.783. The molecule has 5 heteroatoms. The molecule has 0 aliphatic carbocycles. The Labute approximate surface area is 180 Å². The van der Waals surface area contributed by atoms with E-state index in [9.17, 15) is 5.11 Å². The Bertz CT molecular complexity index is 1180. The first-order chi connectivity index (χ1) is 15.3. The van der Waals surface area contributed by atoms with Crippen LogP contribution in [0.4, 0.5) is 0 Å². The minimum absolute atomic E-state index is 0.308. The first kappa shape index (κ1) is 19.5. The number of rotatable bonds is 6. The van der Waals surface area contributed by atoms with Crippen molar-refractivity contribution >= 4 is 10.9 Å². The van der Waals surface area contributed by atoms with Crippen molar-refractivity contribution in [3.63, 3.8) is 0 Å². The van der Waals surface area contributed by atoms with Gasteiger partial charge in [-0.05, 0) is 35.9 Å². The Kier molecular flexibility index (Phi) is 5.52. The summed E-state index contributed by atoms with van der Waals surface area (Å²) in [5.74, 6) is 1.31. The molecule has 3 aromatic carbocycles. The van der Waals surface area contributed by atoms with Crippen LogP contribution in [-0.4, -0.2) is 22.8 Å². The Morgan fingerprint density at radius 1 is 0.903 bits per heavy atom. The van der Waals surface area contributed by atoms with Gasteiger partial charge < -0.3 is 19.3 Å². The topological polar surface area (TPSA) is 60.8 Å². The van der Waals surface area contributed by atoms with Gasteiger partial charge in [-0.3, -0.25) is 0 Å². The summed E-state index contributed by atoms with van der Waals surface area (Å²) in [6.07, 6.45) is -1.22. The van der Waals surface area contributed by atoms with E-state index in [0.29, 0.717) is 36.9 Å². The second kappa shape index (κ2) is 8.76. The zero-order valence-electron chi connectivity index (χ0n) is 17.0. The molecular weight excluding hydrogens is 390 g/mol. The Morgan fingerprint density at radius 3 is 2.65 bits per heavy atom. The number of aromatic nitrogens is 1. The average Bonchev–Trinajstić information content (AvgIpc) is 2.83. The standard InChI is InChI=1S/C26H23NO4/c28-26-22-14-21(29-16-20-11-10-19-8-4-5-9-23(19)27-20)12-13-24(22)31-17-25(26)30-15-18-6-2-1-3-7-18/h1-14,25-26,28H,15-17H2/t25-,26+/m1/s1. The molecule has 0 saturated carbocycles. The summed E-state index contributed by atoms with van der Waals surface area (Å²) in [5, 5.41) is 12.0. The first-order valence-corrected chi connectivity index (χ1v) is 10.3. The predicted octanol–water partition coefficient (Wildman–Crippen LogP) is 4.83. The molecule has 1 aromatic heterocycles. The van der Waals surface area contributed by atoms with E-state index in [4.69, 9.17) is 14.2 Å². The van der Waals surface area contributed by atoms with Crippen LogP contribution in [0.2, 0.25) is 0 Å². The third-order valence-corrected chi connectivity index (χ3v) is 5.40. The maximum Gasteiger partial charge on any atom is 0.130 e. The lowest BCUT2D eigenvalue weighted by Gasteiger charge is -2.30. The molecule has 5 nitrogen and oxygen atoms in total. The number of ether oxygens (including phenoxy) is 3. The molecule has 0 unspecified atom stereocenters. The number of benzene rings is 3. The molecule has 5 rings (SSSR count). The summed E-state index contributed by atoms with van der Waals surface area (Å²) in [7, 11) is 0. The first-order valence-electron chi connectivity index (χ1n) is 10.3. The van der Waals surface area contributed by atoms with Crippen LogP contribution < -0.4 is 9.47 Å². The van der Waals surface area contributed by atoms with Gasteiger partial charge in [-0.1, -0.05) is 54.6 Å². The molecule has 0 spiro atoms. The monoisotopic (exact) mass is 413 g/mol. The molecule has 2 atom stereocenters. The fourth-order valence-electron chi connectivity index (χ4n) is 3.70. The molecule has 1 aliphatic rings. The van der Waals surface area contributed by atoms with Crippen LogP contribution in [-0.2, 0) is 18.0 Å².